The standard InChI is InChI=1S/C15H23NO2/c1-5-6-7-16-14(17)10-18-15-12(3)8-11(2)9-13(15)4/h8-9H,5-7,10H2,1-4H3,(H,16,17). The van der Waals surface area contributed by atoms with Crippen LogP contribution in [0, 0.1) is 20.8 Å². The smallest absolute Gasteiger partial charge is 0.257 e. The van der Waals surface area contributed by atoms with E-state index in [0.717, 1.165) is 36.3 Å². The van der Waals surface area contributed by atoms with Crippen molar-refractivity contribution in [2.24, 2.45) is 0 Å². The van der Waals surface area contributed by atoms with Gasteiger partial charge in [0.05, 0.1) is 0 Å². The van der Waals surface area contributed by atoms with Gasteiger partial charge < -0.3 is 10.1 Å². The first-order valence-corrected chi connectivity index (χ1v) is 6.52. The topological polar surface area (TPSA) is 38.3 Å². The highest BCUT2D eigenvalue weighted by Gasteiger charge is 2.07. The molecule has 100 valence electrons. The molecule has 0 spiro atoms. The van der Waals surface area contributed by atoms with Crippen LogP contribution in [0.5, 0.6) is 5.75 Å². The fourth-order valence-corrected chi connectivity index (χ4v) is 1.99. The van der Waals surface area contributed by atoms with Gasteiger partial charge in [0, 0.05) is 6.54 Å². The minimum absolute atomic E-state index is 0.0529. The number of ether oxygens (including phenoxy) is 1. The highest BCUT2D eigenvalue weighted by Crippen LogP contribution is 2.24. The summed E-state index contributed by atoms with van der Waals surface area (Å²) in [6.45, 7) is 8.98. The van der Waals surface area contributed by atoms with E-state index >= 15 is 0 Å². The molecule has 3 nitrogen and oxygen atoms in total. The molecule has 0 unspecified atom stereocenters. The van der Waals surface area contributed by atoms with Crippen LogP contribution in [0.4, 0.5) is 0 Å². The van der Waals surface area contributed by atoms with Crippen molar-refractivity contribution in [3.63, 3.8) is 0 Å². The summed E-state index contributed by atoms with van der Waals surface area (Å²) in [6.07, 6.45) is 2.09. The lowest BCUT2D eigenvalue weighted by molar-refractivity contribution is -0.123. The first-order chi connectivity index (χ1) is 8.54. The van der Waals surface area contributed by atoms with E-state index in [9.17, 15) is 4.79 Å². The van der Waals surface area contributed by atoms with Gasteiger partial charge in [0.15, 0.2) is 6.61 Å². The quantitative estimate of drug-likeness (QED) is 0.787. The number of unbranched alkanes of at least 4 members (excludes halogenated alkanes) is 1. The van der Waals surface area contributed by atoms with Crippen LogP contribution in [-0.4, -0.2) is 19.1 Å². The first-order valence-electron chi connectivity index (χ1n) is 6.52. The van der Waals surface area contributed by atoms with E-state index in [4.69, 9.17) is 4.74 Å². The van der Waals surface area contributed by atoms with E-state index in [2.05, 4.69) is 31.3 Å². The average molecular weight is 249 g/mol. The van der Waals surface area contributed by atoms with Gasteiger partial charge in [-0.2, -0.15) is 0 Å². The Morgan fingerprint density at radius 3 is 2.39 bits per heavy atom. The molecule has 0 aromatic heterocycles. The van der Waals surface area contributed by atoms with Crippen LogP contribution < -0.4 is 10.1 Å². The minimum Gasteiger partial charge on any atom is -0.483 e. The minimum atomic E-state index is -0.0529. The number of hydrogen-bond acceptors (Lipinski definition) is 2. The molecule has 1 aromatic carbocycles. The number of rotatable bonds is 6. The summed E-state index contributed by atoms with van der Waals surface area (Å²) in [5.41, 5.74) is 3.37. The van der Waals surface area contributed by atoms with Crippen molar-refractivity contribution >= 4 is 5.91 Å². The Morgan fingerprint density at radius 1 is 1.22 bits per heavy atom. The fraction of sp³-hybridized carbons (Fsp3) is 0.533. The van der Waals surface area contributed by atoms with Gasteiger partial charge >= 0.3 is 0 Å². The molecule has 0 aliphatic carbocycles. The van der Waals surface area contributed by atoms with Crippen LogP contribution in [0.1, 0.15) is 36.5 Å². The van der Waals surface area contributed by atoms with Crippen molar-refractivity contribution in [3.05, 3.63) is 28.8 Å². The van der Waals surface area contributed by atoms with Gasteiger partial charge in [0.2, 0.25) is 0 Å². The van der Waals surface area contributed by atoms with Gasteiger partial charge in [0.1, 0.15) is 5.75 Å². The summed E-state index contributed by atoms with van der Waals surface area (Å²) in [4.78, 5) is 11.5. The fourth-order valence-electron chi connectivity index (χ4n) is 1.99. The van der Waals surface area contributed by atoms with E-state index in [1.54, 1.807) is 0 Å². The van der Waals surface area contributed by atoms with Crippen molar-refractivity contribution in [2.45, 2.75) is 40.5 Å². The lowest BCUT2D eigenvalue weighted by Crippen LogP contribution is -2.29. The number of hydrogen-bond donors (Lipinski definition) is 1. The molecule has 0 aliphatic heterocycles. The molecular formula is C15H23NO2. The maximum Gasteiger partial charge on any atom is 0.257 e. The molecule has 3 heteroatoms. The summed E-state index contributed by atoms with van der Waals surface area (Å²) in [5.74, 6) is 0.772. The van der Waals surface area contributed by atoms with Crippen LogP contribution in [0.2, 0.25) is 0 Å². The molecule has 0 fully saturated rings. The monoisotopic (exact) mass is 249 g/mol. The van der Waals surface area contributed by atoms with Gasteiger partial charge in [-0.15, -0.1) is 0 Å². The van der Waals surface area contributed by atoms with Crippen molar-refractivity contribution in [2.75, 3.05) is 13.2 Å². The Balaban J connectivity index is 2.51. The molecule has 0 aliphatic rings. The maximum absolute atomic E-state index is 11.5. The zero-order chi connectivity index (χ0) is 13.5. The second-order valence-electron chi connectivity index (χ2n) is 4.72. The van der Waals surface area contributed by atoms with Crippen LogP contribution in [-0.2, 0) is 4.79 Å². The molecule has 1 rings (SSSR count). The van der Waals surface area contributed by atoms with Crippen LogP contribution in [0.25, 0.3) is 0 Å². The Kier molecular flexibility index (Phi) is 5.69. The Labute approximate surface area is 110 Å². The molecule has 1 aromatic rings. The number of amides is 1. The summed E-state index contributed by atoms with van der Waals surface area (Å²) in [7, 11) is 0. The zero-order valence-electron chi connectivity index (χ0n) is 11.8. The third-order valence-corrected chi connectivity index (χ3v) is 2.80. The van der Waals surface area contributed by atoms with Gasteiger partial charge in [-0.25, -0.2) is 0 Å². The molecular weight excluding hydrogens is 226 g/mol. The predicted octanol–water partition coefficient (Wildman–Crippen LogP) is 2.91. The highest BCUT2D eigenvalue weighted by atomic mass is 16.5. The summed E-state index contributed by atoms with van der Waals surface area (Å²) in [6, 6.07) is 4.13. The van der Waals surface area contributed by atoms with Crippen LogP contribution in [0.15, 0.2) is 12.1 Å². The van der Waals surface area contributed by atoms with Crippen LogP contribution in [0.3, 0.4) is 0 Å². The van der Waals surface area contributed by atoms with E-state index in [1.807, 2.05) is 13.8 Å². The van der Waals surface area contributed by atoms with Gasteiger partial charge in [0.25, 0.3) is 5.91 Å². The Hall–Kier alpha value is -1.51. The molecule has 0 bridgehead atoms. The molecule has 0 saturated heterocycles. The molecule has 18 heavy (non-hydrogen) atoms. The third-order valence-electron chi connectivity index (χ3n) is 2.80. The second kappa shape index (κ2) is 7.04. The lowest BCUT2D eigenvalue weighted by Gasteiger charge is -2.13. The van der Waals surface area contributed by atoms with E-state index in [0.29, 0.717) is 0 Å². The van der Waals surface area contributed by atoms with E-state index in [1.165, 1.54) is 5.56 Å². The number of carbonyl (C=O) groups is 1. The summed E-state index contributed by atoms with van der Waals surface area (Å²) in [5, 5.41) is 2.84. The van der Waals surface area contributed by atoms with Crippen molar-refractivity contribution in [1.82, 2.24) is 5.32 Å². The van der Waals surface area contributed by atoms with E-state index in [-0.39, 0.29) is 12.5 Å². The Bertz CT molecular complexity index is 390. The number of carbonyl (C=O) groups excluding carboxylic acids is 1. The largest absolute Gasteiger partial charge is 0.483 e. The number of nitrogens with one attached hydrogen (secondary N) is 1. The SMILES string of the molecule is CCCCNC(=O)COc1c(C)cc(C)cc1C. The molecule has 0 heterocycles. The van der Waals surface area contributed by atoms with Gasteiger partial charge in [-0.3, -0.25) is 4.79 Å². The third kappa shape index (κ3) is 4.40. The van der Waals surface area contributed by atoms with Crippen molar-refractivity contribution in [1.29, 1.82) is 0 Å². The normalized spacial score (nSPS) is 10.2. The first kappa shape index (κ1) is 14.6. The average Bonchev–Trinajstić information content (AvgIpc) is 2.27. The number of aryl methyl sites for hydroxylation is 3. The molecule has 0 saturated carbocycles. The van der Waals surface area contributed by atoms with Gasteiger partial charge in [-0.1, -0.05) is 31.0 Å². The zero-order valence-corrected chi connectivity index (χ0v) is 11.8. The number of benzene rings is 1. The summed E-state index contributed by atoms with van der Waals surface area (Å²) < 4.78 is 5.60. The second-order valence-corrected chi connectivity index (χ2v) is 4.72. The Morgan fingerprint density at radius 2 is 1.83 bits per heavy atom. The van der Waals surface area contributed by atoms with Crippen molar-refractivity contribution in [3.8, 4) is 5.75 Å². The van der Waals surface area contributed by atoms with Crippen LogP contribution >= 0.6 is 0 Å². The molecule has 1 amide bonds. The lowest BCUT2D eigenvalue weighted by atomic mass is 10.1. The molecule has 0 atom stereocenters. The molecule has 1 N–H and O–H groups in total. The highest BCUT2D eigenvalue weighted by molar-refractivity contribution is 5.77. The van der Waals surface area contributed by atoms with E-state index < -0.39 is 0 Å². The summed E-state index contributed by atoms with van der Waals surface area (Å²) >= 11 is 0. The van der Waals surface area contributed by atoms with Gasteiger partial charge in [-0.05, 0) is 38.3 Å². The predicted molar refractivity (Wildman–Crippen MR) is 74.1 cm³/mol. The van der Waals surface area contributed by atoms with Crippen molar-refractivity contribution < 1.29 is 9.53 Å². The molecule has 0 radical (unpaired) electrons. The maximum atomic E-state index is 11.5.